The molecule has 0 saturated carbocycles. The molecule has 0 fully saturated rings. The zero-order valence-corrected chi connectivity index (χ0v) is 15.0. The van der Waals surface area contributed by atoms with Crippen molar-refractivity contribution < 1.29 is 14.6 Å². The maximum atomic E-state index is 10.6. The Hall–Kier alpha value is -2.69. The lowest BCUT2D eigenvalue weighted by atomic mass is 10.1. The third-order valence-electron chi connectivity index (χ3n) is 3.89. The van der Waals surface area contributed by atoms with Crippen LogP contribution in [0.1, 0.15) is 16.7 Å². The van der Waals surface area contributed by atoms with Crippen LogP contribution in [0.25, 0.3) is 12.2 Å². The van der Waals surface area contributed by atoms with Crippen molar-refractivity contribution in [3.05, 3.63) is 83.4 Å². The minimum absolute atomic E-state index is 0.679. The number of hydrogen-bond acceptors (Lipinski definition) is 3. The van der Waals surface area contributed by atoms with E-state index < -0.39 is 5.97 Å². The predicted octanol–water partition coefficient (Wildman–Crippen LogP) is 3.95. The number of hydrogen-bond donors (Lipinski definition) is 1. The number of methoxy groups -OCH3 is 1. The summed E-state index contributed by atoms with van der Waals surface area (Å²) in [5.41, 5.74) is 3.25. The lowest BCUT2D eigenvalue weighted by Crippen LogP contribution is -2.27. The van der Waals surface area contributed by atoms with Crippen LogP contribution in [0.5, 0.6) is 0 Å². The van der Waals surface area contributed by atoms with Crippen molar-refractivity contribution in [2.45, 2.75) is 6.54 Å². The van der Waals surface area contributed by atoms with Crippen LogP contribution >= 0.6 is 0 Å². The van der Waals surface area contributed by atoms with E-state index in [0.29, 0.717) is 6.61 Å². The molecule has 4 nitrogen and oxygen atoms in total. The van der Waals surface area contributed by atoms with Gasteiger partial charge in [0.15, 0.2) is 0 Å². The number of aliphatic carboxylic acids is 1. The van der Waals surface area contributed by atoms with E-state index in [9.17, 15) is 4.79 Å². The first kappa shape index (κ1) is 19.6. The van der Waals surface area contributed by atoms with E-state index in [-0.39, 0.29) is 0 Å². The Labute approximate surface area is 155 Å². The number of ether oxygens (including phenoxy) is 1. The first-order valence-corrected chi connectivity index (χ1v) is 8.60. The fourth-order valence-electron chi connectivity index (χ4n) is 2.52. The van der Waals surface area contributed by atoms with Crippen molar-refractivity contribution in [1.29, 1.82) is 0 Å². The highest BCUT2D eigenvalue weighted by Gasteiger charge is 2.04. The molecule has 2 rings (SSSR count). The summed E-state index contributed by atoms with van der Waals surface area (Å²) in [6.45, 7) is 3.17. The van der Waals surface area contributed by atoms with Gasteiger partial charge in [-0.2, -0.15) is 0 Å². The second-order valence-electron chi connectivity index (χ2n) is 5.95. The summed E-state index contributed by atoms with van der Waals surface area (Å²) in [7, 11) is 1.71. The van der Waals surface area contributed by atoms with Crippen LogP contribution in [0.3, 0.4) is 0 Å². The van der Waals surface area contributed by atoms with Gasteiger partial charge in [-0.1, -0.05) is 66.7 Å². The van der Waals surface area contributed by atoms with Crippen molar-refractivity contribution in [3.63, 3.8) is 0 Å². The topological polar surface area (TPSA) is 49.8 Å². The Bertz CT molecular complexity index is 721. The molecule has 0 saturated heterocycles. The maximum absolute atomic E-state index is 10.6. The number of nitrogens with zero attached hydrogens (tertiary/aromatic N) is 1. The third-order valence-corrected chi connectivity index (χ3v) is 3.89. The summed E-state index contributed by atoms with van der Waals surface area (Å²) < 4.78 is 5.22. The van der Waals surface area contributed by atoms with Crippen molar-refractivity contribution in [2.24, 2.45) is 0 Å². The number of carbonyl (C=O) groups is 1. The van der Waals surface area contributed by atoms with Crippen molar-refractivity contribution in [1.82, 2.24) is 4.90 Å². The van der Waals surface area contributed by atoms with Crippen LogP contribution in [0.2, 0.25) is 0 Å². The molecule has 0 amide bonds. The summed E-state index contributed by atoms with van der Waals surface area (Å²) in [5, 5.41) is 8.68. The predicted molar refractivity (Wildman–Crippen MR) is 106 cm³/mol. The number of carboxylic acid groups (broad SMARTS) is 1. The fraction of sp³-hybridized carbons (Fsp3) is 0.227. The molecule has 0 bridgehead atoms. The molecule has 0 heterocycles. The Balaban J connectivity index is 1.95. The average molecular weight is 351 g/mol. The van der Waals surface area contributed by atoms with Gasteiger partial charge in [-0.3, -0.25) is 4.90 Å². The Morgan fingerprint density at radius 2 is 1.73 bits per heavy atom. The van der Waals surface area contributed by atoms with Gasteiger partial charge in [-0.15, -0.1) is 0 Å². The Morgan fingerprint density at radius 3 is 2.38 bits per heavy atom. The zero-order valence-electron chi connectivity index (χ0n) is 15.0. The molecule has 0 spiro atoms. The highest BCUT2D eigenvalue weighted by atomic mass is 16.5. The van der Waals surface area contributed by atoms with Crippen LogP contribution in [-0.2, 0) is 16.1 Å². The van der Waals surface area contributed by atoms with Crippen LogP contribution in [0.4, 0.5) is 0 Å². The quantitative estimate of drug-likeness (QED) is 0.659. The van der Waals surface area contributed by atoms with Gasteiger partial charge < -0.3 is 9.84 Å². The van der Waals surface area contributed by atoms with Gasteiger partial charge in [0, 0.05) is 32.8 Å². The Morgan fingerprint density at radius 1 is 1.04 bits per heavy atom. The van der Waals surface area contributed by atoms with Gasteiger partial charge in [0.25, 0.3) is 0 Å². The van der Waals surface area contributed by atoms with Gasteiger partial charge in [0.1, 0.15) is 0 Å². The zero-order chi connectivity index (χ0) is 18.6. The highest BCUT2D eigenvalue weighted by Crippen LogP contribution is 2.10. The average Bonchev–Trinajstić information content (AvgIpc) is 2.66. The van der Waals surface area contributed by atoms with Crippen LogP contribution in [0.15, 0.2) is 66.7 Å². The molecule has 0 aliphatic rings. The first-order valence-electron chi connectivity index (χ1n) is 8.60. The highest BCUT2D eigenvalue weighted by molar-refractivity contribution is 5.85. The molecule has 2 aromatic carbocycles. The van der Waals surface area contributed by atoms with E-state index >= 15 is 0 Å². The van der Waals surface area contributed by atoms with E-state index in [4.69, 9.17) is 9.84 Å². The van der Waals surface area contributed by atoms with E-state index in [0.717, 1.165) is 31.3 Å². The molecular formula is C22H25NO3. The molecule has 0 atom stereocenters. The van der Waals surface area contributed by atoms with Gasteiger partial charge in [-0.05, 0) is 22.8 Å². The van der Waals surface area contributed by atoms with E-state index in [1.807, 2.05) is 42.5 Å². The molecule has 2 aromatic rings. The molecule has 0 aliphatic heterocycles. The van der Waals surface area contributed by atoms with Gasteiger partial charge in [-0.25, -0.2) is 4.79 Å². The summed E-state index contributed by atoms with van der Waals surface area (Å²) in [6, 6.07) is 18.2. The van der Waals surface area contributed by atoms with Crippen LogP contribution in [0, 0.1) is 0 Å². The lowest BCUT2D eigenvalue weighted by molar-refractivity contribution is -0.131. The van der Waals surface area contributed by atoms with Crippen LogP contribution < -0.4 is 0 Å². The SMILES string of the molecule is COCCN(CC=Cc1ccccc1)Cc1ccc(C=CC(=O)O)cc1. The summed E-state index contributed by atoms with van der Waals surface area (Å²) in [5.74, 6) is -0.940. The van der Waals surface area contributed by atoms with Crippen LogP contribution in [-0.4, -0.2) is 42.8 Å². The van der Waals surface area contributed by atoms with Crippen molar-refractivity contribution >= 4 is 18.1 Å². The molecule has 0 aromatic heterocycles. The number of carboxylic acids is 1. The Kier molecular flexibility index (Phi) is 8.33. The number of benzene rings is 2. The third kappa shape index (κ3) is 7.47. The lowest BCUT2D eigenvalue weighted by Gasteiger charge is -2.20. The first-order chi connectivity index (χ1) is 12.7. The summed E-state index contributed by atoms with van der Waals surface area (Å²) >= 11 is 0. The summed E-state index contributed by atoms with van der Waals surface area (Å²) in [4.78, 5) is 12.9. The maximum Gasteiger partial charge on any atom is 0.328 e. The molecular weight excluding hydrogens is 326 g/mol. The van der Waals surface area contributed by atoms with Gasteiger partial charge >= 0.3 is 5.97 Å². The van der Waals surface area contributed by atoms with E-state index in [1.54, 1.807) is 13.2 Å². The second-order valence-corrected chi connectivity index (χ2v) is 5.95. The molecule has 0 aliphatic carbocycles. The summed E-state index contributed by atoms with van der Waals surface area (Å²) in [6.07, 6.45) is 7.03. The van der Waals surface area contributed by atoms with E-state index in [2.05, 4.69) is 29.2 Å². The molecule has 0 radical (unpaired) electrons. The standard InChI is InChI=1S/C22H25NO3/c1-26-17-16-23(15-5-8-19-6-3-2-4-7-19)18-21-11-9-20(10-12-21)13-14-22(24)25/h2-14H,15-18H2,1H3,(H,24,25). The number of rotatable bonds is 10. The molecule has 1 N–H and O–H groups in total. The van der Waals surface area contributed by atoms with Gasteiger partial charge in [0.05, 0.1) is 6.61 Å². The van der Waals surface area contributed by atoms with Gasteiger partial charge in [0.2, 0.25) is 0 Å². The molecule has 0 unspecified atom stereocenters. The largest absolute Gasteiger partial charge is 0.478 e. The minimum atomic E-state index is -0.940. The monoisotopic (exact) mass is 351 g/mol. The van der Waals surface area contributed by atoms with Crippen molar-refractivity contribution in [3.8, 4) is 0 Å². The van der Waals surface area contributed by atoms with E-state index in [1.165, 1.54) is 11.1 Å². The second kappa shape index (κ2) is 11.0. The molecule has 136 valence electrons. The normalized spacial score (nSPS) is 11.6. The molecule has 26 heavy (non-hydrogen) atoms. The van der Waals surface area contributed by atoms with Crippen molar-refractivity contribution in [2.75, 3.05) is 26.8 Å². The fourth-order valence-corrected chi connectivity index (χ4v) is 2.52. The minimum Gasteiger partial charge on any atom is -0.478 e. The smallest absolute Gasteiger partial charge is 0.328 e. The molecule has 4 heteroatoms.